The van der Waals surface area contributed by atoms with Crippen LogP contribution in [0.4, 0.5) is 18.9 Å². The highest BCUT2D eigenvalue weighted by molar-refractivity contribution is 7.90. The molecule has 1 unspecified atom stereocenters. The summed E-state index contributed by atoms with van der Waals surface area (Å²) in [5.74, 6) is 0. The van der Waals surface area contributed by atoms with Gasteiger partial charge in [0.1, 0.15) is 0 Å². The topological polar surface area (TPSA) is 71.3 Å². The van der Waals surface area contributed by atoms with E-state index in [1.165, 1.54) is 22.8 Å². The van der Waals surface area contributed by atoms with Gasteiger partial charge in [-0.2, -0.15) is 13.2 Å². The molecule has 2 N–H and O–H groups in total. The van der Waals surface area contributed by atoms with Crippen LogP contribution in [0.1, 0.15) is 35.0 Å². The SMILES string of the molecule is Cc1cc(NCc2cc(CC(C)O)n(-c3ccc(Cl)cc3C(F)(F)F)c2C)ccc1S(C)(=O)=O. The van der Waals surface area contributed by atoms with Gasteiger partial charge in [0.2, 0.25) is 0 Å². The maximum Gasteiger partial charge on any atom is 0.418 e. The van der Waals surface area contributed by atoms with Crippen LogP contribution in [-0.4, -0.2) is 30.5 Å². The van der Waals surface area contributed by atoms with Gasteiger partial charge in [-0.25, -0.2) is 8.42 Å². The summed E-state index contributed by atoms with van der Waals surface area (Å²) in [7, 11) is -3.34. The molecule has 3 aromatic rings. The largest absolute Gasteiger partial charge is 0.418 e. The molecule has 0 fully saturated rings. The number of rotatable bonds is 7. The molecule has 0 aliphatic heterocycles. The monoisotopic (exact) mass is 514 g/mol. The van der Waals surface area contributed by atoms with Crippen LogP contribution in [-0.2, 0) is 29.0 Å². The summed E-state index contributed by atoms with van der Waals surface area (Å²) in [6.45, 7) is 5.28. The zero-order valence-electron chi connectivity index (χ0n) is 19.2. The lowest BCUT2D eigenvalue weighted by molar-refractivity contribution is -0.137. The van der Waals surface area contributed by atoms with Crippen LogP contribution in [0.2, 0.25) is 5.02 Å². The van der Waals surface area contributed by atoms with Crippen LogP contribution < -0.4 is 5.32 Å². The van der Waals surface area contributed by atoms with Crippen LogP contribution in [0.3, 0.4) is 0 Å². The van der Waals surface area contributed by atoms with Crippen molar-refractivity contribution < 1.29 is 26.7 Å². The second-order valence-electron chi connectivity index (χ2n) is 8.40. The summed E-state index contributed by atoms with van der Waals surface area (Å²) in [4.78, 5) is 0.238. The van der Waals surface area contributed by atoms with Gasteiger partial charge in [-0.1, -0.05) is 11.6 Å². The Morgan fingerprint density at radius 1 is 1.12 bits per heavy atom. The lowest BCUT2D eigenvalue weighted by atomic mass is 10.1. The molecule has 1 aromatic heterocycles. The fourth-order valence-electron chi connectivity index (χ4n) is 4.00. The van der Waals surface area contributed by atoms with E-state index in [0.717, 1.165) is 17.9 Å². The summed E-state index contributed by atoms with van der Waals surface area (Å²) < 4.78 is 66.6. The van der Waals surface area contributed by atoms with Gasteiger partial charge in [0.25, 0.3) is 0 Å². The van der Waals surface area contributed by atoms with E-state index in [-0.39, 0.29) is 28.6 Å². The molecule has 3 rings (SSSR count). The smallest absolute Gasteiger partial charge is 0.393 e. The van der Waals surface area contributed by atoms with E-state index >= 15 is 0 Å². The van der Waals surface area contributed by atoms with E-state index in [2.05, 4.69) is 5.32 Å². The zero-order valence-corrected chi connectivity index (χ0v) is 20.7. The maximum absolute atomic E-state index is 13.8. The van der Waals surface area contributed by atoms with Crippen molar-refractivity contribution >= 4 is 27.1 Å². The van der Waals surface area contributed by atoms with Crippen molar-refractivity contribution in [1.82, 2.24) is 4.57 Å². The van der Waals surface area contributed by atoms with E-state index in [4.69, 9.17) is 11.6 Å². The number of aliphatic hydroxyl groups is 1. The van der Waals surface area contributed by atoms with E-state index in [0.29, 0.717) is 22.6 Å². The zero-order chi connectivity index (χ0) is 25.4. The first-order valence-electron chi connectivity index (χ1n) is 10.5. The van der Waals surface area contributed by atoms with Crippen LogP contribution >= 0.6 is 11.6 Å². The van der Waals surface area contributed by atoms with Gasteiger partial charge in [0, 0.05) is 41.3 Å². The minimum atomic E-state index is -4.61. The molecule has 0 amide bonds. The first-order valence-corrected chi connectivity index (χ1v) is 12.7. The Kier molecular flexibility index (Phi) is 7.40. The molecule has 1 atom stereocenters. The summed E-state index contributed by atoms with van der Waals surface area (Å²) in [5, 5.41) is 13.1. The number of hydrogen-bond donors (Lipinski definition) is 2. The van der Waals surface area contributed by atoms with Crippen molar-refractivity contribution in [3.05, 3.63) is 75.6 Å². The number of aliphatic hydroxyl groups excluding tert-OH is 1. The molecule has 0 aliphatic rings. The molecule has 184 valence electrons. The number of sulfone groups is 1. The second kappa shape index (κ2) is 9.64. The summed E-state index contributed by atoms with van der Waals surface area (Å²) >= 11 is 5.85. The minimum absolute atomic E-state index is 0.0206. The quantitative estimate of drug-likeness (QED) is 0.424. The Morgan fingerprint density at radius 3 is 2.35 bits per heavy atom. The average Bonchev–Trinajstić information content (AvgIpc) is 2.99. The molecule has 2 aromatic carbocycles. The van der Waals surface area contributed by atoms with Crippen LogP contribution in [0.5, 0.6) is 0 Å². The number of nitrogens with zero attached hydrogens (tertiary/aromatic N) is 1. The molecule has 0 radical (unpaired) electrons. The van der Waals surface area contributed by atoms with Crippen LogP contribution in [0.25, 0.3) is 5.69 Å². The maximum atomic E-state index is 13.8. The number of halogens is 4. The Labute approximate surface area is 202 Å². The molecule has 0 bridgehead atoms. The molecular formula is C24H26ClF3N2O3S. The molecule has 5 nitrogen and oxygen atoms in total. The van der Waals surface area contributed by atoms with Crippen molar-refractivity contribution in [2.24, 2.45) is 0 Å². The third-order valence-electron chi connectivity index (χ3n) is 5.50. The highest BCUT2D eigenvalue weighted by Crippen LogP contribution is 2.37. The van der Waals surface area contributed by atoms with Crippen LogP contribution in [0, 0.1) is 13.8 Å². The van der Waals surface area contributed by atoms with Gasteiger partial charge in [0.15, 0.2) is 9.84 Å². The van der Waals surface area contributed by atoms with Crippen molar-refractivity contribution in [1.29, 1.82) is 0 Å². The van der Waals surface area contributed by atoms with Gasteiger partial charge in [-0.3, -0.25) is 0 Å². The van der Waals surface area contributed by atoms with Gasteiger partial charge in [-0.15, -0.1) is 0 Å². The van der Waals surface area contributed by atoms with Gasteiger partial charge in [0.05, 0.1) is 22.3 Å². The van der Waals surface area contributed by atoms with Crippen LogP contribution in [0.15, 0.2) is 47.4 Å². The first-order chi connectivity index (χ1) is 15.7. The molecule has 0 aliphatic carbocycles. The normalized spacial score (nSPS) is 13.2. The Bertz CT molecular complexity index is 1320. The van der Waals surface area contributed by atoms with Gasteiger partial charge in [-0.05, 0) is 74.4 Å². The Balaban J connectivity index is 2.02. The number of hydrogen-bond acceptors (Lipinski definition) is 4. The van der Waals surface area contributed by atoms with Crippen molar-refractivity contribution in [2.75, 3.05) is 11.6 Å². The molecule has 0 saturated heterocycles. The number of nitrogens with one attached hydrogen (secondary N) is 1. The fourth-order valence-corrected chi connectivity index (χ4v) is 5.13. The lowest BCUT2D eigenvalue weighted by Gasteiger charge is -2.19. The molecule has 0 saturated carbocycles. The predicted octanol–water partition coefficient (Wildman–Crippen LogP) is 5.71. The standard InChI is InChI=1S/C24H26ClF3N2O3S/c1-14-9-19(6-8-23(14)34(4,32)33)29-13-17-11-20(10-15(2)31)30(16(17)3)22-7-5-18(25)12-21(22)24(26,27)28/h5-9,11-12,15,29,31H,10,13H2,1-4H3. The number of alkyl halides is 3. The van der Waals surface area contributed by atoms with Crippen molar-refractivity contribution in [2.45, 2.75) is 50.9 Å². The number of anilines is 1. The average molecular weight is 515 g/mol. The molecule has 10 heteroatoms. The minimum Gasteiger partial charge on any atom is -0.393 e. The third-order valence-corrected chi connectivity index (χ3v) is 6.99. The van der Waals surface area contributed by atoms with Crippen molar-refractivity contribution in [3.63, 3.8) is 0 Å². The molecule has 0 spiro atoms. The lowest BCUT2D eigenvalue weighted by Crippen LogP contribution is -2.15. The predicted molar refractivity (Wildman–Crippen MR) is 128 cm³/mol. The van der Waals surface area contributed by atoms with E-state index in [1.54, 1.807) is 39.0 Å². The number of benzene rings is 2. The fraction of sp³-hybridized carbons (Fsp3) is 0.333. The van der Waals surface area contributed by atoms with Gasteiger partial charge >= 0.3 is 6.18 Å². The Hall–Kier alpha value is -2.49. The molecule has 34 heavy (non-hydrogen) atoms. The number of aryl methyl sites for hydroxylation is 1. The summed E-state index contributed by atoms with van der Waals surface area (Å²) in [6, 6.07) is 10.3. The molecular weight excluding hydrogens is 489 g/mol. The van der Waals surface area contributed by atoms with E-state index in [1.807, 2.05) is 0 Å². The first kappa shape index (κ1) is 26.1. The summed E-state index contributed by atoms with van der Waals surface area (Å²) in [6.07, 6.45) is -4.08. The van der Waals surface area contributed by atoms with Crippen molar-refractivity contribution in [3.8, 4) is 5.69 Å². The highest BCUT2D eigenvalue weighted by Gasteiger charge is 2.35. The Morgan fingerprint density at radius 2 is 1.79 bits per heavy atom. The van der Waals surface area contributed by atoms with E-state index in [9.17, 15) is 26.7 Å². The number of aromatic nitrogens is 1. The second-order valence-corrected chi connectivity index (χ2v) is 10.8. The van der Waals surface area contributed by atoms with E-state index < -0.39 is 27.7 Å². The summed E-state index contributed by atoms with van der Waals surface area (Å²) in [5.41, 5.74) is 2.19. The highest BCUT2D eigenvalue weighted by atomic mass is 35.5. The third kappa shape index (κ3) is 5.76. The molecule has 1 heterocycles. The van der Waals surface area contributed by atoms with Gasteiger partial charge < -0.3 is 15.0 Å².